The van der Waals surface area contributed by atoms with Crippen molar-refractivity contribution in [3.05, 3.63) is 70.3 Å². The van der Waals surface area contributed by atoms with E-state index in [0.29, 0.717) is 55.7 Å². The molecule has 1 heterocycles. The Morgan fingerprint density at radius 2 is 2.00 bits per heavy atom. The number of ether oxygens (including phenoxy) is 2. The first kappa shape index (κ1) is 20.5. The third-order valence-corrected chi connectivity index (χ3v) is 4.42. The number of para-hydroxylation sites is 1. The summed E-state index contributed by atoms with van der Waals surface area (Å²) in [5, 5.41) is 3.48. The summed E-state index contributed by atoms with van der Waals surface area (Å²) in [6.07, 6.45) is 1.50. The van der Waals surface area contributed by atoms with Gasteiger partial charge < -0.3 is 19.8 Å². The van der Waals surface area contributed by atoms with Gasteiger partial charge in [0.15, 0.2) is 0 Å². The predicted molar refractivity (Wildman–Crippen MR) is 111 cm³/mol. The van der Waals surface area contributed by atoms with Crippen molar-refractivity contribution in [2.24, 2.45) is 0 Å². The van der Waals surface area contributed by atoms with Crippen molar-refractivity contribution >= 4 is 16.8 Å². The average Bonchev–Trinajstić information content (AvgIpc) is 2.73. The molecule has 0 fully saturated rings. The van der Waals surface area contributed by atoms with E-state index in [-0.39, 0.29) is 11.5 Å². The molecule has 0 bridgehead atoms. The van der Waals surface area contributed by atoms with Gasteiger partial charge in [0.25, 0.3) is 5.56 Å². The fourth-order valence-corrected chi connectivity index (χ4v) is 2.95. The number of fused-ring (bicyclic) bond motifs is 1. The Morgan fingerprint density at radius 1 is 1.14 bits per heavy atom. The van der Waals surface area contributed by atoms with Gasteiger partial charge in [-0.05, 0) is 36.2 Å². The summed E-state index contributed by atoms with van der Waals surface area (Å²) in [6.45, 7) is 1.45. The van der Waals surface area contributed by atoms with Gasteiger partial charge in [0.05, 0.1) is 17.5 Å². The normalized spacial score (nSPS) is 10.8. The van der Waals surface area contributed by atoms with Crippen LogP contribution in [0.25, 0.3) is 10.9 Å². The number of aromatic amines is 1. The number of methoxy groups -OCH3 is 1. The summed E-state index contributed by atoms with van der Waals surface area (Å²) in [5.74, 6) is 1.31. The Kier molecular flexibility index (Phi) is 7.35. The van der Waals surface area contributed by atoms with Crippen molar-refractivity contribution < 1.29 is 14.3 Å². The van der Waals surface area contributed by atoms with Gasteiger partial charge in [-0.15, -0.1) is 0 Å². The van der Waals surface area contributed by atoms with E-state index in [1.807, 2.05) is 42.5 Å². The van der Waals surface area contributed by atoms with Crippen LogP contribution in [0.3, 0.4) is 0 Å². The monoisotopic (exact) mass is 395 g/mol. The molecule has 0 saturated heterocycles. The molecule has 0 radical (unpaired) electrons. The molecule has 0 spiro atoms. The lowest BCUT2D eigenvalue weighted by molar-refractivity contribution is -0.121. The van der Waals surface area contributed by atoms with Crippen LogP contribution in [0.15, 0.2) is 53.3 Å². The largest absolute Gasteiger partial charge is 0.491 e. The van der Waals surface area contributed by atoms with E-state index in [9.17, 15) is 9.59 Å². The topological polar surface area (TPSA) is 93.3 Å². The van der Waals surface area contributed by atoms with Crippen LogP contribution in [0.2, 0.25) is 0 Å². The predicted octanol–water partition coefficient (Wildman–Crippen LogP) is 2.59. The number of hydrogen-bond donors (Lipinski definition) is 2. The minimum atomic E-state index is -0.150. The number of hydrogen-bond acceptors (Lipinski definition) is 5. The molecule has 3 aromatic rings. The zero-order valence-electron chi connectivity index (χ0n) is 16.4. The lowest BCUT2D eigenvalue weighted by Gasteiger charge is -2.09. The molecule has 1 aromatic heterocycles. The molecule has 152 valence electrons. The van der Waals surface area contributed by atoms with Gasteiger partial charge in [-0.3, -0.25) is 9.59 Å². The fraction of sp³-hybridized carbons (Fsp3) is 0.318. The van der Waals surface area contributed by atoms with Gasteiger partial charge in [0, 0.05) is 26.5 Å². The molecular weight excluding hydrogens is 370 g/mol. The molecule has 3 rings (SSSR count). The minimum absolute atomic E-state index is 0.0427. The molecule has 2 aromatic carbocycles. The lowest BCUT2D eigenvalue weighted by atomic mass is 10.2. The second-order valence-electron chi connectivity index (χ2n) is 6.65. The molecule has 7 heteroatoms. The fourth-order valence-electron chi connectivity index (χ4n) is 2.95. The number of rotatable bonds is 10. The molecule has 0 atom stereocenters. The highest BCUT2D eigenvalue weighted by Crippen LogP contribution is 2.13. The molecule has 0 saturated carbocycles. The maximum atomic E-state index is 12.1. The van der Waals surface area contributed by atoms with E-state index in [0.717, 1.165) is 11.3 Å². The van der Waals surface area contributed by atoms with Crippen LogP contribution in [-0.2, 0) is 22.5 Å². The van der Waals surface area contributed by atoms with E-state index < -0.39 is 0 Å². The molecule has 0 aliphatic carbocycles. The van der Waals surface area contributed by atoms with E-state index in [2.05, 4.69) is 15.3 Å². The second-order valence-corrected chi connectivity index (χ2v) is 6.65. The van der Waals surface area contributed by atoms with Crippen molar-refractivity contribution in [1.29, 1.82) is 0 Å². The Bertz CT molecular complexity index is 1020. The number of nitrogens with zero attached hydrogens (tertiary/aromatic N) is 1. The minimum Gasteiger partial charge on any atom is -0.491 e. The number of aromatic nitrogens is 2. The summed E-state index contributed by atoms with van der Waals surface area (Å²) in [5.41, 5.74) is 1.49. The van der Waals surface area contributed by atoms with Crippen molar-refractivity contribution in [1.82, 2.24) is 15.3 Å². The standard InChI is InChI=1S/C22H25N3O4/c1-28-12-13-29-17-7-4-6-16(14-17)15-23-21(26)11-5-10-20-24-19-9-3-2-8-18(19)22(27)25-20/h2-4,6-9,14H,5,10-13,15H2,1H3,(H,23,26)(H,24,25,27). The van der Waals surface area contributed by atoms with Gasteiger partial charge in [-0.25, -0.2) is 4.98 Å². The lowest BCUT2D eigenvalue weighted by Crippen LogP contribution is -2.22. The summed E-state index contributed by atoms with van der Waals surface area (Å²) >= 11 is 0. The number of benzene rings is 2. The summed E-state index contributed by atoms with van der Waals surface area (Å²) in [7, 11) is 1.63. The van der Waals surface area contributed by atoms with Crippen LogP contribution in [-0.4, -0.2) is 36.2 Å². The van der Waals surface area contributed by atoms with Gasteiger partial charge in [-0.1, -0.05) is 24.3 Å². The smallest absolute Gasteiger partial charge is 0.258 e. The van der Waals surface area contributed by atoms with Crippen LogP contribution in [0.4, 0.5) is 0 Å². The van der Waals surface area contributed by atoms with Crippen LogP contribution < -0.4 is 15.6 Å². The molecule has 0 aliphatic heterocycles. The number of H-pyrrole nitrogens is 1. The number of nitrogens with one attached hydrogen (secondary N) is 2. The first-order valence-corrected chi connectivity index (χ1v) is 9.61. The van der Waals surface area contributed by atoms with Crippen LogP contribution in [0, 0.1) is 0 Å². The van der Waals surface area contributed by atoms with E-state index in [1.54, 1.807) is 13.2 Å². The molecule has 7 nitrogen and oxygen atoms in total. The highest BCUT2D eigenvalue weighted by atomic mass is 16.5. The van der Waals surface area contributed by atoms with Gasteiger partial charge >= 0.3 is 0 Å². The van der Waals surface area contributed by atoms with Crippen LogP contribution in [0.5, 0.6) is 5.75 Å². The maximum absolute atomic E-state index is 12.1. The summed E-state index contributed by atoms with van der Waals surface area (Å²) < 4.78 is 10.5. The number of aryl methyl sites for hydroxylation is 1. The Labute approximate surface area is 169 Å². The van der Waals surface area contributed by atoms with Gasteiger partial charge in [0.1, 0.15) is 18.2 Å². The van der Waals surface area contributed by atoms with E-state index in [4.69, 9.17) is 9.47 Å². The SMILES string of the molecule is COCCOc1cccc(CNC(=O)CCCc2nc3ccccc3c(=O)[nH]2)c1. The second kappa shape index (κ2) is 10.4. The summed E-state index contributed by atoms with van der Waals surface area (Å²) in [6, 6.07) is 14.8. The third kappa shape index (κ3) is 6.15. The molecular formula is C22H25N3O4. The zero-order chi connectivity index (χ0) is 20.5. The van der Waals surface area contributed by atoms with E-state index >= 15 is 0 Å². The van der Waals surface area contributed by atoms with E-state index in [1.165, 1.54) is 0 Å². The molecule has 1 amide bonds. The Balaban J connectivity index is 1.45. The zero-order valence-corrected chi connectivity index (χ0v) is 16.4. The highest BCUT2D eigenvalue weighted by Gasteiger charge is 2.06. The van der Waals surface area contributed by atoms with Crippen LogP contribution >= 0.6 is 0 Å². The summed E-state index contributed by atoms with van der Waals surface area (Å²) in [4.78, 5) is 31.4. The van der Waals surface area contributed by atoms with Crippen molar-refractivity contribution in [2.75, 3.05) is 20.3 Å². The van der Waals surface area contributed by atoms with Gasteiger partial charge in [0.2, 0.25) is 5.91 Å². The molecule has 0 unspecified atom stereocenters. The number of carbonyl (C=O) groups excluding carboxylic acids is 1. The molecule has 29 heavy (non-hydrogen) atoms. The number of amides is 1. The Hall–Kier alpha value is -3.19. The molecule has 0 aliphatic rings. The van der Waals surface area contributed by atoms with Crippen molar-refractivity contribution in [3.63, 3.8) is 0 Å². The van der Waals surface area contributed by atoms with Crippen LogP contribution in [0.1, 0.15) is 24.2 Å². The quantitative estimate of drug-likeness (QED) is 0.515. The highest BCUT2D eigenvalue weighted by molar-refractivity contribution is 5.77. The maximum Gasteiger partial charge on any atom is 0.258 e. The number of carbonyl (C=O) groups is 1. The Morgan fingerprint density at radius 3 is 2.86 bits per heavy atom. The van der Waals surface area contributed by atoms with Crippen molar-refractivity contribution in [3.8, 4) is 5.75 Å². The van der Waals surface area contributed by atoms with Gasteiger partial charge in [-0.2, -0.15) is 0 Å². The first-order valence-electron chi connectivity index (χ1n) is 9.61. The third-order valence-electron chi connectivity index (χ3n) is 4.42. The molecule has 2 N–H and O–H groups in total. The average molecular weight is 395 g/mol. The first-order chi connectivity index (χ1) is 14.2. The van der Waals surface area contributed by atoms with Crippen molar-refractivity contribution in [2.45, 2.75) is 25.8 Å².